The molecule has 0 atom stereocenters. The van der Waals surface area contributed by atoms with Gasteiger partial charge >= 0.3 is 0 Å². The van der Waals surface area contributed by atoms with Gasteiger partial charge in [0.25, 0.3) is 0 Å². The highest BCUT2D eigenvalue weighted by molar-refractivity contribution is 5.99. The Morgan fingerprint density at radius 2 is 1.83 bits per heavy atom. The van der Waals surface area contributed by atoms with Crippen molar-refractivity contribution in [3.63, 3.8) is 0 Å². The predicted octanol–water partition coefficient (Wildman–Crippen LogP) is 3.24. The van der Waals surface area contributed by atoms with Crippen molar-refractivity contribution in [2.45, 2.75) is 32.1 Å². The van der Waals surface area contributed by atoms with Crippen LogP contribution in [-0.4, -0.2) is 41.4 Å². The number of unbranched alkanes of at least 4 members (excludes halogenated alkanes) is 1. The molecule has 0 aliphatic carbocycles. The van der Waals surface area contributed by atoms with Crippen molar-refractivity contribution < 1.29 is 9.59 Å². The highest BCUT2D eigenvalue weighted by Gasteiger charge is 2.23. The van der Waals surface area contributed by atoms with E-state index >= 15 is 0 Å². The van der Waals surface area contributed by atoms with Gasteiger partial charge in [0.05, 0.1) is 11.0 Å². The summed E-state index contributed by atoms with van der Waals surface area (Å²) in [6, 6.07) is 15.8. The summed E-state index contributed by atoms with van der Waals surface area (Å²) < 4.78 is 0. The van der Waals surface area contributed by atoms with Crippen molar-refractivity contribution >= 4 is 34.5 Å². The van der Waals surface area contributed by atoms with Crippen LogP contribution in [0.2, 0.25) is 0 Å². The van der Waals surface area contributed by atoms with E-state index in [2.05, 4.69) is 20.6 Å². The Morgan fingerprint density at radius 1 is 1.03 bits per heavy atom. The maximum absolute atomic E-state index is 12.5. The molecule has 30 heavy (non-hydrogen) atoms. The molecule has 0 fully saturated rings. The number of imidazole rings is 1. The van der Waals surface area contributed by atoms with Crippen LogP contribution < -0.4 is 15.5 Å². The fourth-order valence-corrected chi connectivity index (χ4v) is 3.78. The van der Waals surface area contributed by atoms with Crippen LogP contribution in [0.25, 0.3) is 11.0 Å². The van der Waals surface area contributed by atoms with Gasteiger partial charge in [-0.3, -0.25) is 9.59 Å². The number of rotatable bonds is 8. The molecule has 2 amide bonds. The number of carbonyl (C=O) groups excluding carboxylic acids is 2. The maximum Gasteiger partial charge on any atom is 0.240 e. The standard InChI is InChI=1S/C23H27N5O2/c29-21(16-28-20-12-4-1-8-17(20)9-7-13-22(28)30)24-14-5-6-15-25-23-26-18-10-2-3-11-19(18)27-23/h1-4,8,10-12H,5-7,9,13-16H2,(H,24,29)(H2,25,26,27). The predicted molar refractivity (Wildman–Crippen MR) is 119 cm³/mol. The molecule has 0 bridgehead atoms. The monoisotopic (exact) mass is 405 g/mol. The van der Waals surface area contributed by atoms with Crippen molar-refractivity contribution in [2.75, 3.05) is 29.9 Å². The number of amides is 2. The molecule has 3 N–H and O–H groups in total. The van der Waals surface area contributed by atoms with E-state index in [4.69, 9.17) is 0 Å². The van der Waals surface area contributed by atoms with Gasteiger partial charge in [0.15, 0.2) is 0 Å². The van der Waals surface area contributed by atoms with Crippen molar-refractivity contribution in [2.24, 2.45) is 0 Å². The molecule has 0 saturated heterocycles. The van der Waals surface area contributed by atoms with E-state index in [-0.39, 0.29) is 18.4 Å². The minimum atomic E-state index is -0.120. The molecule has 7 nitrogen and oxygen atoms in total. The molecule has 0 radical (unpaired) electrons. The average molecular weight is 406 g/mol. The normalized spacial score (nSPS) is 13.7. The minimum Gasteiger partial charge on any atom is -0.356 e. The van der Waals surface area contributed by atoms with Crippen LogP contribution in [-0.2, 0) is 16.0 Å². The highest BCUT2D eigenvalue weighted by Crippen LogP contribution is 2.26. The van der Waals surface area contributed by atoms with Gasteiger partial charge in [-0.1, -0.05) is 30.3 Å². The third-order valence-electron chi connectivity index (χ3n) is 5.33. The van der Waals surface area contributed by atoms with Crippen molar-refractivity contribution in [1.29, 1.82) is 0 Å². The van der Waals surface area contributed by atoms with Crippen LogP contribution in [0.1, 0.15) is 31.2 Å². The van der Waals surface area contributed by atoms with E-state index in [1.54, 1.807) is 4.90 Å². The van der Waals surface area contributed by atoms with Crippen LogP contribution in [0, 0.1) is 0 Å². The fourth-order valence-electron chi connectivity index (χ4n) is 3.78. The molecule has 0 spiro atoms. The largest absolute Gasteiger partial charge is 0.356 e. The number of H-pyrrole nitrogens is 1. The molecule has 1 aliphatic heterocycles. The Balaban J connectivity index is 1.19. The number of nitrogens with zero attached hydrogens (tertiary/aromatic N) is 2. The molecule has 156 valence electrons. The molecule has 3 aromatic rings. The van der Waals surface area contributed by atoms with E-state index in [0.29, 0.717) is 13.0 Å². The van der Waals surface area contributed by atoms with Crippen LogP contribution in [0.5, 0.6) is 0 Å². The van der Waals surface area contributed by atoms with Gasteiger partial charge < -0.3 is 20.5 Å². The van der Waals surface area contributed by atoms with Crippen molar-refractivity contribution in [3.05, 3.63) is 54.1 Å². The lowest BCUT2D eigenvalue weighted by Gasteiger charge is -2.22. The lowest BCUT2D eigenvalue weighted by molar-refractivity contribution is -0.123. The van der Waals surface area contributed by atoms with Crippen molar-refractivity contribution in [1.82, 2.24) is 15.3 Å². The molecular formula is C23H27N5O2. The van der Waals surface area contributed by atoms with Gasteiger partial charge in [0.2, 0.25) is 17.8 Å². The Bertz CT molecular complexity index is 996. The van der Waals surface area contributed by atoms with Crippen LogP contribution in [0.15, 0.2) is 48.5 Å². The van der Waals surface area contributed by atoms with Gasteiger partial charge in [-0.2, -0.15) is 0 Å². The first-order chi connectivity index (χ1) is 14.7. The summed E-state index contributed by atoms with van der Waals surface area (Å²) in [6.45, 7) is 1.44. The molecule has 1 aromatic heterocycles. The van der Waals surface area contributed by atoms with Gasteiger partial charge in [-0.15, -0.1) is 0 Å². The number of aromatic nitrogens is 2. The summed E-state index contributed by atoms with van der Waals surface area (Å²) in [5.41, 5.74) is 3.95. The van der Waals surface area contributed by atoms with E-state index in [9.17, 15) is 9.59 Å². The Morgan fingerprint density at radius 3 is 2.73 bits per heavy atom. The maximum atomic E-state index is 12.5. The summed E-state index contributed by atoms with van der Waals surface area (Å²) in [5, 5.41) is 6.22. The number of nitrogens with one attached hydrogen (secondary N) is 3. The first-order valence-electron chi connectivity index (χ1n) is 10.5. The topological polar surface area (TPSA) is 90.1 Å². The second-order valence-corrected chi connectivity index (χ2v) is 7.55. The Hall–Kier alpha value is -3.35. The van der Waals surface area contributed by atoms with Gasteiger partial charge in [0, 0.05) is 25.2 Å². The van der Waals surface area contributed by atoms with Crippen LogP contribution in [0.3, 0.4) is 0 Å². The van der Waals surface area contributed by atoms with Gasteiger partial charge in [-0.25, -0.2) is 4.98 Å². The third-order valence-corrected chi connectivity index (χ3v) is 5.33. The van der Waals surface area contributed by atoms with E-state index in [1.807, 2.05) is 48.5 Å². The lowest BCUT2D eigenvalue weighted by atomic mass is 10.1. The molecular weight excluding hydrogens is 378 g/mol. The molecule has 7 heteroatoms. The van der Waals surface area contributed by atoms with Gasteiger partial charge in [-0.05, 0) is 49.4 Å². The number of aromatic amines is 1. The number of hydrogen-bond donors (Lipinski definition) is 3. The summed E-state index contributed by atoms with van der Waals surface area (Å²) in [7, 11) is 0. The van der Waals surface area contributed by atoms with Crippen LogP contribution >= 0.6 is 0 Å². The fraction of sp³-hybridized carbons (Fsp3) is 0.348. The number of para-hydroxylation sites is 3. The SMILES string of the molecule is O=C(CN1C(=O)CCCc2ccccc21)NCCCCNc1nc2ccccc2[nH]1. The number of anilines is 2. The van der Waals surface area contributed by atoms with E-state index in [0.717, 1.165) is 60.5 Å². The highest BCUT2D eigenvalue weighted by atomic mass is 16.2. The smallest absolute Gasteiger partial charge is 0.240 e. The third kappa shape index (κ3) is 4.79. The molecule has 1 aliphatic rings. The Labute approximate surface area is 175 Å². The second kappa shape index (κ2) is 9.43. The zero-order valence-corrected chi connectivity index (χ0v) is 17.0. The first-order valence-corrected chi connectivity index (χ1v) is 10.5. The number of aryl methyl sites for hydroxylation is 1. The summed E-state index contributed by atoms with van der Waals surface area (Å²) in [6.07, 6.45) is 3.94. The summed E-state index contributed by atoms with van der Waals surface area (Å²) in [4.78, 5) is 34.2. The second-order valence-electron chi connectivity index (χ2n) is 7.55. The summed E-state index contributed by atoms with van der Waals surface area (Å²) >= 11 is 0. The Kier molecular flexibility index (Phi) is 6.27. The zero-order chi connectivity index (χ0) is 20.8. The number of fused-ring (bicyclic) bond motifs is 2. The summed E-state index contributed by atoms with van der Waals surface area (Å²) in [5.74, 6) is 0.661. The van der Waals surface area contributed by atoms with Crippen LogP contribution in [0.4, 0.5) is 11.6 Å². The zero-order valence-electron chi connectivity index (χ0n) is 17.0. The van der Waals surface area contributed by atoms with E-state index in [1.165, 1.54) is 0 Å². The number of carbonyl (C=O) groups is 2. The molecule has 0 saturated carbocycles. The van der Waals surface area contributed by atoms with Crippen molar-refractivity contribution in [3.8, 4) is 0 Å². The molecule has 2 heterocycles. The average Bonchev–Trinajstić information content (AvgIpc) is 3.10. The first kappa shape index (κ1) is 19.9. The molecule has 0 unspecified atom stereocenters. The number of hydrogen-bond acceptors (Lipinski definition) is 4. The molecule has 2 aromatic carbocycles. The van der Waals surface area contributed by atoms with Gasteiger partial charge in [0.1, 0.15) is 6.54 Å². The molecule has 4 rings (SSSR count). The minimum absolute atomic E-state index is 0.0186. The number of benzene rings is 2. The van der Waals surface area contributed by atoms with E-state index < -0.39 is 0 Å². The quantitative estimate of drug-likeness (QED) is 0.502. The lowest BCUT2D eigenvalue weighted by Crippen LogP contribution is -2.41.